The molecule has 0 spiro atoms. The predicted molar refractivity (Wildman–Crippen MR) is 113 cm³/mol. The number of likely N-dealkylation sites (N-methyl/N-ethyl adjacent to an activating group) is 1. The van der Waals surface area contributed by atoms with Gasteiger partial charge in [-0.3, -0.25) is 4.79 Å². The van der Waals surface area contributed by atoms with Crippen LogP contribution in [0.4, 0.5) is 0 Å². The smallest absolute Gasteiger partial charge is 0.354 e. The fourth-order valence-corrected chi connectivity index (χ4v) is 4.41. The molecule has 1 aromatic carbocycles. The predicted octanol–water partition coefficient (Wildman–Crippen LogP) is 2.43. The van der Waals surface area contributed by atoms with E-state index in [1.54, 1.807) is 25.2 Å². The average molecular weight is 434 g/mol. The lowest BCUT2D eigenvalue weighted by Crippen LogP contribution is -2.35. The van der Waals surface area contributed by atoms with Crippen molar-refractivity contribution in [3.63, 3.8) is 0 Å². The van der Waals surface area contributed by atoms with Gasteiger partial charge in [-0.25, -0.2) is 14.8 Å². The van der Waals surface area contributed by atoms with E-state index in [9.17, 15) is 19.8 Å². The van der Waals surface area contributed by atoms with Crippen molar-refractivity contribution in [2.45, 2.75) is 37.7 Å². The molecule has 2 N–H and O–H groups in total. The molecule has 1 unspecified atom stereocenters. The van der Waals surface area contributed by atoms with Gasteiger partial charge in [0.2, 0.25) is 5.60 Å². The molecule has 1 fully saturated rings. The minimum Gasteiger partial charge on any atom is -0.476 e. The van der Waals surface area contributed by atoms with Gasteiger partial charge in [-0.05, 0) is 31.7 Å². The van der Waals surface area contributed by atoms with Crippen molar-refractivity contribution in [3.05, 3.63) is 53.0 Å². The van der Waals surface area contributed by atoms with Gasteiger partial charge in [0.25, 0.3) is 5.91 Å². The number of carbonyl (C=O) groups excluding carboxylic acids is 1. The number of likely N-dealkylation sites (tertiary alicyclic amines) is 1. The van der Waals surface area contributed by atoms with Gasteiger partial charge >= 0.3 is 5.97 Å². The van der Waals surface area contributed by atoms with Crippen LogP contribution in [0.1, 0.15) is 46.8 Å². The summed E-state index contributed by atoms with van der Waals surface area (Å²) in [4.78, 5) is 34.6. The van der Waals surface area contributed by atoms with Crippen LogP contribution in [0.5, 0.6) is 0 Å². The SMILES string of the molecule is CN1CCC(O)(c2cc(-c3cccc(-c4nc5c(c(C(=O)O)n4)CCCC5)c3)no2)C1=O. The molecule has 32 heavy (non-hydrogen) atoms. The first-order valence-corrected chi connectivity index (χ1v) is 10.6. The maximum absolute atomic E-state index is 12.3. The quantitative estimate of drug-likeness (QED) is 0.640. The van der Waals surface area contributed by atoms with Crippen LogP contribution in [0.2, 0.25) is 0 Å². The van der Waals surface area contributed by atoms with Gasteiger partial charge in [0, 0.05) is 48.5 Å². The number of aryl methyl sites for hydroxylation is 1. The summed E-state index contributed by atoms with van der Waals surface area (Å²) in [5, 5.41) is 24.5. The van der Waals surface area contributed by atoms with Gasteiger partial charge < -0.3 is 19.6 Å². The van der Waals surface area contributed by atoms with Crippen LogP contribution in [0.3, 0.4) is 0 Å². The lowest BCUT2D eigenvalue weighted by atomic mass is 9.94. The highest BCUT2D eigenvalue weighted by Gasteiger charge is 2.48. The number of hydrogen-bond acceptors (Lipinski definition) is 7. The summed E-state index contributed by atoms with van der Waals surface area (Å²) in [6, 6.07) is 8.78. The number of hydrogen-bond donors (Lipinski definition) is 2. The Labute approximate surface area is 183 Å². The fourth-order valence-electron chi connectivity index (χ4n) is 4.41. The number of aliphatic hydroxyl groups is 1. The first kappa shape index (κ1) is 20.3. The van der Waals surface area contributed by atoms with Crippen LogP contribution in [0.15, 0.2) is 34.9 Å². The summed E-state index contributed by atoms with van der Waals surface area (Å²) in [7, 11) is 1.63. The molecule has 1 aliphatic heterocycles. The molecular weight excluding hydrogens is 412 g/mol. The minimum atomic E-state index is -1.71. The van der Waals surface area contributed by atoms with Crippen molar-refractivity contribution >= 4 is 11.9 Å². The number of fused-ring (bicyclic) bond motifs is 1. The van der Waals surface area contributed by atoms with E-state index in [-0.39, 0.29) is 17.9 Å². The number of rotatable bonds is 4. The fraction of sp³-hybridized carbons (Fsp3) is 0.348. The second-order valence-corrected chi connectivity index (χ2v) is 8.33. The molecular formula is C23H22N4O5. The summed E-state index contributed by atoms with van der Waals surface area (Å²) in [6.07, 6.45) is 3.55. The molecule has 2 aliphatic rings. The summed E-state index contributed by atoms with van der Waals surface area (Å²) in [5.41, 5.74) is 1.65. The number of carbonyl (C=O) groups is 2. The summed E-state index contributed by atoms with van der Waals surface area (Å²) < 4.78 is 5.34. The Bertz CT molecular complexity index is 1240. The number of carboxylic acids is 1. The van der Waals surface area contributed by atoms with Gasteiger partial charge in [0.1, 0.15) is 5.69 Å². The third-order valence-corrected chi connectivity index (χ3v) is 6.23. The zero-order valence-corrected chi connectivity index (χ0v) is 17.5. The normalized spacial score (nSPS) is 20.4. The van der Waals surface area contributed by atoms with E-state index in [1.165, 1.54) is 4.90 Å². The van der Waals surface area contributed by atoms with E-state index in [4.69, 9.17) is 4.52 Å². The Kier molecular flexibility index (Phi) is 4.78. The molecule has 1 atom stereocenters. The molecule has 3 aromatic rings. The van der Waals surface area contributed by atoms with E-state index in [0.29, 0.717) is 35.6 Å². The van der Waals surface area contributed by atoms with Crippen LogP contribution >= 0.6 is 0 Å². The van der Waals surface area contributed by atoms with E-state index >= 15 is 0 Å². The number of carboxylic acid groups (broad SMARTS) is 1. The third-order valence-electron chi connectivity index (χ3n) is 6.23. The Morgan fingerprint density at radius 1 is 1.16 bits per heavy atom. The van der Waals surface area contributed by atoms with Crippen molar-refractivity contribution in [2.24, 2.45) is 0 Å². The molecule has 5 rings (SSSR count). The van der Waals surface area contributed by atoms with Crippen molar-refractivity contribution < 1.29 is 24.3 Å². The number of nitrogens with zero attached hydrogens (tertiary/aromatic N) is 4. The molecule has 2 aromatic heterocycles. The zero-order chi connectivity index (χ0) is 22.5. The molecule has 164 valence electrons. The van der Waals surface area contributed by atoms with Crippen molar-refractivity contribution in [1.82, 2.24) is 20.0 Å². The Hall–Kier alpha value is -3.59. The third kappa shape index (κ3) is 3.25. The molecule has 0 bridgehead atoms. The van der Waals surface area contributed by atoms with E-state index < -0.39 is 17.5 Å². The van der Waals surface area contributed by atoms with Gasteiger partial charge in [0.05, 0.1) is 0 Å². The summed E-state index contributed by atoms with van der Waals surface area (Å²) in [6.45, 7) is 0.433. The number of aromatic carboxylic acids is 1. The van der Waals surface area contributed by atoms with Crippen molar-refractivity contribution in [2.75, 3.05) is 13.6 Å². The largest absolute Gasteiger partial charge is 0.476 e. The number of amides is 1. The van der Waals surface area contributed by atoms with Crippen molar-refractivity contribution in [3.8, 4) is 22.6 Å². The van der Waals surface area contributed by atoms with Crippen LogP contribution in [0, 0.1) is 0 Å². The molecule has 0 radical (unpaired) electrons. The molecule has 9 nitrogen and oxygen atoms in total. The molecule has 0 saturated carbocycles. The highest BCUT2D eigenvalue weighted by Crippen LogP contribution is 2.35. The van der Waals surface area contributed by atoms with Gasteiger partial charge in [-0.15, -0.1) is 0 Å². The average Bonchev–Trinajstić information content (AvgIpc) is 3.41. The lowest BCUT2D eigenvalue weighted by Gasteiger charge is -2.17. The molecule has 1 amide bonds. The second kappa shape index (κ2) is 7.52. The molecule has 1 aliphatic carbocycles. The standard InChI is InChI=1S/C23H22N4O5/c1-27-10-9-23(31,22(27)30)18-12-17(26-32-18)13-5-4-6-14(11-13)20-24-16-8-3-2-7-15(16)19(25-20)21(28)29/h4-6,11-12,31H,2-3,7-10H2,1H3,(H,28,29). The Morgan fingerprint density at radius 3 is 2.69 bits per heavy atom. The van der Waals surface area contributed by atoms with Gasteiger partial charge in [-0.2, -0.15) is 0 Å². The van der Waals surface area contributed by atoms with Crippen LogP contribution in [0.25, 0.3) is 22.6 Å². The summed E-state index contributed by atoms with van der Waals surface area (Å²) >= 11 is 0. The minimum absolute atomic E-state index is 0.0601. The summed E-state index contributed by atoms with van der Waals surface area (Å²) in [5.74, 6) is -1.02. The maximum atomic E-state index is 12.3. The Morgan fingerprint density at radius 2 is 1.94 bits per heavy atom. The molecule has 3 heterocycles. The van der Waals surface area contributed by atoms with Crippen LogP contribution < -0.4 is 0 Å². The lowest BCUT2D eigenvalue weighted by molar-refractivity contribution is -0.144. The monoisotopic (exact) mass is 434 g/mol. The maximum Gasteiger partial charge on any atom is 0.354 e. The second-order valence-electron chi connectivity index (χ2n) is 8.33. The van der Waals surface area contributed by atoms with Gasteiger partial charge in [0.15, 0.2) is 17.3 Å². The van der Waals surface area contributed by atoms with E-state index in [2.05, 4.69) is 15.1 Å². The first-order chi connectivity index (χ1) is 15.4. The van der Waals surface area contributed by atoms with Crippen molar-refractivity contribution in [1.29, 1.82) is 0 Å². The Balaban J connectivity index is 1.52. The first-order valence-electron chi connectivity index (χ1n) is 10.6. The topological polar surface area (TPSA) is 130 Å². The van der Waals surface area contributed by atoms with Gasteiger partial charge in [-0.1, -0.05) is 23.4 Å². The van der Waals surface area contributed by atoms with Crippen LogP contribution in [-0.4, -0.2) is 55.7 Å². The zero-order valence-electron chi connectivity index (χ0n) is 17.5. The number of aromatic nitrogens is 3. The molecule has 1 saturated heterocycles. The van der Waals surface area contributed by atoms with E-state index in [0.717, 1.165) is 30.5 Å². The highest BCUT2D eigenvalue weighted by atomic mass is 16.5. The highest BCUT2D eigenvalue weighted by molar-refractivity contribution is 5.89. The van der Waals surface area contributed by atoms with E-state index in [1.807, 2.05) is 12.1 Å². The van der Waals surface area contributed by atoms with Crippen LogP contribution in [-0.2, 0) is 23.2 Å². The molecule has 9 heteroatoms. The number of benzene rings is 1.